The summed E-state index contributed by atoms with van der Waals surface area (Å²) >= 11 is 0. The van der Waals surface area contributed by atoms with E-state index in [0.29, 0.717) is 28.3 Å². The summed E-state index contributed by atoms with van der Waals surface area (Å²) in [5.41, 5.74) is 1.46. The maximum Gasteiger partial charge on any atom is 0.266 e. The number of para-hydroxylation sites is 1. The standard InChI is InChI=1S/C23H18N2O5/c1-29-14-11-12-18(20(13-14)30-2)24-21(26)17-9-5-6-10-19(17)25-22(27)15-7-3-4-8-16(15)23(25)28/h3-13H,1-2H3,(H,24,26). The molecule has 0 saturated heterocycles. The normalized spacial score (nSPS) is 12.5. The largest absolute Gasteiger partial charge is 0.497 e. The molecular formula is C23H18N2O5. The van der Waals surface area contributed by atoms with Gasteiger partial charge in [0.25, 0.3) is 17.7 Å². The molecule has 150 valence electrons. The van der Waals surface area contributed by atoms with Gasteiger partial charge in [0.2, 0.25) is 0 Å². The average molecular weight is 402 g/mol. The highest BCUT2D eigenvalue weighted by molar-refractivity contribution is 6.35. The Morgan fingerprint density at radius 2 is 1.47 bits per heavy atom. The number of nitrogens with one attached hydrogen (secondary N) is 1. The number of ether oxygens (including phenoxy) is 2. The van der Waals surface area contributed by atoms with Crippen molar-refractivity contribution in [2.24, 2.45) is 0 Å². The summed E-state index contributed by atoms with van der Waals surface area (Å²) in [4.78, 5) is 39.8. The third-order valence-corrected chi connectivity index (χ3v) is 4.84. The van der Waals surface area contributed by atoms with Crippen LogP contribution < -0.4 is 19.7 Å². The molecule has 3 aromatic rings. The van der Waals surface area contributed by atoms with Crippen LogP contribution in [0.2, 0.25) is 0 Å². The van der Waals surface area contributed by atoms with Crippen molar-refractivity contribution in [3.05, 3.63) is 83.4 Å². The lowest BCUT2D eigenvalue weighted by Crippen LogP contribution is -2.31. The Balaban J connectivity index is 1.69. The SMILES string of the molecule is COc1ccc(NC(=O)c2ccccc2N2C(=O)c3ccccc3C2=O)c(OC)c1. The van der Waals surface area contributed by atoms with Crippen LogP contribution in [-0.2, 0) is 0 Å². The highest BCUT2D eigenvalue weighted by atomic mass is 16.5. The minimum atomic E-state index is -0.481. The second-order valence-corrected chi connectivity index (χ2v) is 6.53. The predicted octanol–water partition coefficient (Wildman–Crippen LogP) is 3.76. The molecule has 1 aliphatic heterocycles. The lowest BCUT2D eigenvalue weighted by atomic mass is 10.1. The van der Waals surface area contributed by atoms with E-state index in [4.69, 9.17) is 9.47 Å². The first kappa shape index (κ1) is 19.2. The molecule has 4 rings (SSSR count). The van der Waals surface area contributed by atoms with Crippen LogP contribution in [0.5, 0.6) is 11.5 Å². The molecule has 0 atom stereocenters. The molecule has 0 fully saturated rings. The molecule has 0 aliphatic carbocycles. The Morgan fingerprint density at radius 1 is 0.833 bits per heavy atom. The summed E-state index contributed by atoms with van der Waals surface area (Å²) in [5.74, 6) is -0.404. The van der Waals surface area contributed by atoms with E-state index in [1.165, 1.54) is 14.2 Å². The maximum absolute atomic E-state index is 13.1. The number of benzene rings is 3. The van der Waals surface area contributed by atoms with Crippen LogP contribution >= 0.6 is 0 Å². The van der Waals surface area contributed by atoms with Crippen LogP contribution in [0.25, 0.3) is 0 Å². The fraction of sp³-hybridized carbons (Fsp3) is 0.0870. The average Bonchev–Trinajstić information content (AvgIpc) is 3.04. The highest BCUT2D eigenvalue weighted by Gasteiger charge is 2.38. The number of carbonyl (C=O) groups excluding carboxylic acids is 3. The van der Waals surface area contributed by atoms with Gasteiger partial charge < -0.3 is 14.8 Å². The van der Waals surface area contributed by atoms with Crippen LogP contribution in [0.1, 0.15) is 31.1 Å². The molecule has 7 nitrogen and oxygen atoms in total. The van der Waals surface area contributed by atoms with E-state index in [9.17, 15) is 14.4 Å². The zero-order chi connectivity index (χ0) is 21.3. The Kier molecular flexibility index (Phi) is 4.93. The quantitative estimate of drug-likeness (QED) is 0.657. The number of methoxy groups -OCH3 is 2. The van der Waals surface area contributed by atoms with Crippen molar-refractivity contribution >= 4 is 29.1 Å². The van der Waals surface area contributed by atoms with E-state index >= 15 is 0 Å². The fourth-order valence-corrected chi connectivity index (χ4v) is 3.36. The van der Waals surface area contributed by atoms with Crippen molar-refractivity contribution in [2.45, 2.75) is 0 Å². The van der Waals surface area contributed by atoms with E-state index in [-0.39, 0.29) is 11.3 Å². The van der Waals surface area contributed by atoms with Crippen LogP contribution in [0.4, 0.5) is 11.4 Å². The lowest BCUT2D eigenvalue weighted by Gasteiger charge is -2.18. The second-order valence-electron chi connectivity index (χ2n) is 6.53. The van der Waals surface area contributed by atoms with Crippen molar-refractivity contribution in [1.82, 2.24) is 0 Å². The first-order chi connectivity index (χ1) is 14.5. The van der Waals surface area contributed by atoms with Crippen LogP contribution in [0, 0.1) is 0 Å². The number of imide groups is 1. The Labute approximate surface area is 172 Å². The minimum absolute atomic E-state index is 0.185. The number of rotatable bonds is 5. The second kappa shape index (κ2) is 7.71. The number of carbonyl (C=O) groups is 3. The Bertz CT molecular complexity index is 1140. The van der Waals surface area contributed by atoms with Gasteiger partial charge in [0, 0.05) is 6.07 Å². The first-order valence-corrected chi connectivity index (χ1v) is 9.15. The number of anilines is 2. The lowest BCUT2D eigenvalue weighted by molar-refractivity contribution is 0.0926. The van der Waals surface area contributed by atoms with Gasteiger partial charge in [-0.2, -0.15) is 0 Å². The summed E-state index contributed by atoms with van der Waals surface area (Å²) in [5, 5.41) is 2.77. The zero-order valence-electron chi connectivity index (χ0n) is 16.3. The fourth-order valence-electron chi connectivity index (χ4n) is 3.36. The molecule has 3 aromatic carbocycles. The highest BCUT2D eigenvalue weighted by Crippen LogP contribution is 2.33. The van der Waals surface area contributed by atoms with Crippen LogP contribution in [0.3, 0.4) is 0 Å². The molecule has 1 heterocycles. The van der Waals surface area contributed by atoms with Gasteiger partial charge in [-0.05, 0) is 36.4 Å². The van der Waals surface area contributed by atoms with E-state index in [1.54, 1.807) is 66.7 Å². The van der Waals surface area contributed by atoms with Gasteiger partial charge in [-0.25, -0.2) is 4.90 Å². The summed E-state index contributed by atoms with van der Waals surface area (Å²) in [6, 6.07) is 18.0. The zero-order valence-corrected chi connectivity index (χ0v) is 16.3. The minimum Gasteiger partial charge on any atom is -0.497 e. The van der Waals surface area contributed by atoms with Gasteiger partial charge in [0.1, 0.15) is 11.5 Å². The van der Waals surface area contributed by atoms with E-state index < -0.39 is 17.7 Å². The van der Waals surface area contributed by atoms with Gasteiger partial charge in [-0.3, -0.25) is 14.4 Å². The van der Waals surface area contributed by atoms with Crippen LogP contribution in [-0.4, -0.2) is 31.9 Å². The predicted molar refractivity (Wildman–Crippen MR) is 112 cm³/mol. The number of hydrogen-bond acceptors (Lipinski definition) is 5. The number of nitrogens with zero attached hydrogens (tertiary/aromatic N) is 1. The monoisotopic (exact) mass is 402 g/mol. The van der Waals surface area contributed by atoms with Gasteiger partial charge in [-0.1, -0.05) is 24.3 Å². The Morgan fingerprint density at radius 3 is 2.10 bits per heavy atom. The molecular weight excluding hydrogens is 384 g/mol. The molecule has 30 heavy (non-hydrogen) atoms. The molecule has 0 spiro atoms. The molecule has 1 N–H and O–H groups in total. The third-order valence-electron chi connectivity index (χ3n) is 4.84. The number of fused-ring (bicyclic) bond motifs is 1. The number of amides is 3. The van der Waals surface area contributed by atoms with Crippen molar-refractivity contribution in [3.63, 3.8) is 0 Å². The van der Waals surface area contributed by atoms with E-state index in [2.05, 4.69) is 5.32 Å². The molecule has 0 aromatic heterocycles. The first-order valence-electron chi connectivity index (χ1n) is 9.15. The molecule has 0 saturated carbocycles. The van der Waals surface area contributed by atoms with Crippen molar-refractivity contribution in [2.75, 3.05) is 24.4 Å². The topological polar surface area (TPSA) is 84.9 Å². The van der Waals surface area contributed by atoms with Gasteiger partial charge >= 0.3 is 0 Å². The van der Waals surface area contributed by atoms with Crippen molar-refractivity contribution < 1.29 is 23.9 Å². The summed E-state index contributed by atoms with van der Waals surface area (Å²) in [6.45, 7) is 0. The molecule has 0 bridgehead atoms. The molecule has 3 amide bonds. The maximum atomic E-state index is 13.1. The smallest absolute Gasteiger partial charge is 0.266 e. The van der Waals surface area contributed by atoms with E-state index in [0.717, 1.165) is 4.90 Å². The molecule has 1 aliphatic rings. The van der Waals surface area contributed by atoms with Crippen molar-refractivity contribution in [1.29, 1.82) is 0 Å². The molecule has 0 radical (unpaired) electrons. The van der Waals surface area contributed by atoms with Crippen molar-refractivity contribution in [3.8, 4) is 11.5 Å². The third kappa shape index (κ3) is 3.16. The summed E-state index contributed by atoms with van der Waals surface area (Å²) in [7, 11) is 3.02. The number of hydrogen-bond donors (Lipinski definition) is 1. The van der Waals surface area contributed by atoms with Gasteiger partial charge in [0.15, 0.2) is 0 Å². The van der Waals surface area contributed by atoms with E-state index in [1.807, 2.05) is 0 Å². The molecule has 7 heteroatoms. The molecule has 0 unspecified atom stereocenters. The Hall–Kier alpha value is -4.13. The summed E-state index contributed by atoms with van der Waals surface area (Å²) in [6.07, 6.45) is 0. The summed E-state index contributed by atoms with van der Waals surface area (Å²) < 4.78 is 10.5. The van der Waals surface area contributed by atoms with Gasteiger partial charge in [-0.15, -0.1) is 0 Å². The van der Waals surface area contributed by atoms with Gasteiger partial charge in [0.05, 0.1) is 42.3 Å². The van der Waals surface area contributed by atoms with Crippen LogP contribution in [0.15, 0.2) is 66.7 Å².